The Labute approximate surface area is 60.3 Å². The molecule has 1 aromatic carbocycles. The van der Waals surface area contributed by atoms with E-state index in [4.69, 9.17) is 5.11 Å². The smallest absolute Gasteiger partial charge is 0.166 e. The van der Waals surface area contributed by atoms with E-state index in [0.29, 0.717) is 4.47 Å². The lowest BCUT2D eigenvalue weighted by atomic mass is 10.3. The van der Waals surface area contributed by atoms with Gasteiger partial charge in [0, 0.05) is 0 Å². The van der Waals surface area contributed by atoms with Crippen LogP contribution >= 0.6 is 15.9 Å². The normalized spacial score (nSPS) is 9.56. The molecule has 0 saturated carbocycles. The van der Waals surface area contributed by atoms with Crippen molar-refractivity contribution < 1.29 is 9.50 Å². The summed E-state index contributed by atoms with van der Waals surface area (Å²) in [4.78, 5) is 0. The minimum atomic E-state index is -0.663. The summed E-state index contributed by atoms with van der Waals surface area (Å²) in [6, 6.07) is 5.00. The van der Waals surface area contributed by atoms with Crippen molar-refractivity contribution in [3.8, 4) is 5.75 Å². The van der Waals surface area contributed by atoms with Crippen LogP contribution in [0.4, 0.5) is 4.39 Å². The number of hydrogen-bond donors (Lipinski definition) is 1. The molecular formula is C6H3BrFO. The van der Waals surface area contributed by atoms with Crippen LogP contribution in [0.5, 0.6) is 5.75 Å². The topological polar surface area (TPSA) is 20.2 Å². The molecule has 1 aromatic rings. The standard InChI is InChI=1S/C6H3BrFO/c7-4-2-1-3-5(8)6(4)9/h2-3,9H. The Morgan fingerprint density at radius 1 is 1.56 bits per heavy atom. The fourth-order valence-electron chi connectivity index (χ4n) is 0.439. The second-order valence-corrected chi connectivity index (χ2v) is 2.35. The van der Waals surface area contributed by atoms with E-state index in [1.54, 1.807) is 0 Å². The molecule has 0 atom stereocenters. The molecule has 3 heteroatoms. The maximum absolute atomic E-state index is 12.3. The van der Waals surface area contributed by atoms with Gasteiger partial charge < -0.3 is 5.11 Å². The maximum atomic E-state index is 12.3. The van der Waals surface area contributed by atoms with Crippen molar-refractivity contribution in [2.24, 2.45) is 0 Å². The van der Waals surface area contributed by atoms with E-state index in [-0.39, 0.29) is 5.75 Å². The van der Waals surface area contributed by atoms with Crippen LogP contribution in [-0.4, -0.2) is 5.11 Å². The number of rotatable bonds is 0. The SMILES string of the molecule is Oc1c(F)c[c]cc1Br. The van der Waals surface area contributed by atoms with Gasteiger partial charge in [0.2, 0.25) is 0 Å². The molecule has 1 radical (unpaired) electrons. The van der Waals surface area contributed by atoms with Crippen LogP contribution in [0.25, 0.3) is 0 Å². The summed E-state index contributed by atoms with van der Waals surface area (Å²) in [5.74, 6) is -1.03. The van der Waals surface area contributed by atoms with Crippen molar-refractivity contribution >= 4 is 15.9 Å². The minimum absolute atomic E-state index is 0.322. The number of halogens is 2. The number of benzene rings is 1. The van der Waals surface area contributed by atoms with Gasteiger partial charge in [0.1, 0.15) is 0 Å². The molecule has 9 heavy (non-hydrogen) atoms. The van der Waals surface area contributed by atoms with Gasteiger partial charge in [0.05, 0.1) is 4.47 Å². The molecule has 1 rings (SSSR count). The molecule has 0 spiro atoms. The highest BCUT2D eigenvalue weighted by Crippen LogP contribution is 2.24. The van der Waals surface area contributed by atoms with Crippen LogP contribution in [0.15, 0.2) is 16.6 Å². The van der Waals surface area contributed by atoms with Gasteiger partial charge in [-0.2, -0.15) is 0 Å². The predicted octanol–water partition coefficient (Wildman–Crippen LogP) is 2.09. The Balaban J connectivity index is 3.25. The quantitative estimate of drug-likeness (QED) is 0.663. The molecule has 1 N–H and O–H groups in total. The van der Waals surface area contributed by atoms with Gasteiger partial charge in [0.15, 0.2) is 11.6 Å². The van der Waals surface area contributed by atoms with Gasteiger partial charge in [-0.05, 0) is 34.1 Å². The Morgan fingerprint density at radius 3 is 2.67 bits per heavy atom. The van der Waals surface area contributed by atoms with E-state index < -0.39 is 5.82 Å². The summed E-state index contributed by atoms with van der Waals surface area (Å²) in [5, 5.41) is 8.76. The lowest BCUT2D eigenvalue weighted by Gasteiger charge is -1.94. The highest BCUT2D eigenvalue weighted by atomic mass is 79.9. The number of aromatic hydroxyl groups is 1. The second-order valence-electron chi connectivity index (χ2n) is 1.50. The van der Waals surface area contributed by atoms with E-state index in [0.717, 1.165) is 6.07 Å². The number of phenols is 1. The average molecular weight is 190 g/mol. The average Bonchev–Trinajstić information content (AvgIpc) is 1.83. The Hall–Kier alpha value is -0.570. The minimum Gasteiger partial charge on any atom is -0.504 e. The van der Waals surface area contributed by atoms with Crippen molar-refractivity contribution in [3.05, 3.63) is 28.5 Å². The lowest BCUT2D eigenvalue weighted by Crippen LogP contribution is -1.74. The van der Waals surface area contributed by atoms with E-state index in [1.165, 1.54) is 6.07 Å². The first-order valence-corrected chi connectivity index (χ1v) is 3.05. The molecule has 0 amide bonds. The first kappa shape index (κ1) is 6.55. The third-order valence-electron chi connectivity index (χ3n) is 0.873. The zero-order valence-electron chi connectivity index (χ0n) is 4.36. The molecule has 0 aromatic heterocycles. The molecule has 0 heterocycles. The summed E-state index contributed by atoms with van der Waals surface area (Å²) in [5.41, 5.74) is 0. The van der Waals surface area contributed by atoms with Crippen LogP contribution in [0, 0.1) is 11.9 Å². The van der Waals surface area contributed by atoms with Gasteiger partial charge in [-0.1, -0.05) is 0 Å². The molecule has 0 bridgehead atoms. The first-order chi connectivity index (χ1) is 4.22. The second kappa shape index (κ2) is 2.35. The largest absolute Gasteiger partial charge is 0.504 e. The lowest BCUT2D eigenvalue weighted by molar-refractivity contribution is 0.429. The van der Waals surface area contributed by atoms with E-state index in [1.807, 2.05) is 0 Å². The first-order valence-electron chi connectivity index (χ1n) is 2.26. The molecule has 0 unspecified atom stereocenters. The third kappa shape index (κ3) is 1.21. The van der Waals surface area contributed by atoms with E-state index in [9.17, 15) is 4.39 Å². The van der Waals surface area contributed by atoms with Crippen molar-refractivity contribution in [1.82, 2.24) is 0 Å². The van der Waals surface area contributed by atoms with Gasteiger partial charge in [-0.3, -0.25) is 0 Å². The maximum Gasteiger partial charge on any atom is 0.166 e. The summed E-state index contributed by atoms with van der Waals surface area (Å²) >= 11 is 2.92. The van der Waals surface area contributed by atoms with Crippen LogP contribution in [0.2, 0.25) is 0 Å². The zero-order chi connectivity index (χ0) is 6.85. The monoisotopic (exact) mass is 189 g/mol. The van der Waals surface area contributed by atoms with Crippen molar-refractivity contribution in [3.63, 3.8) is 0 Å². The van der Waals surface area contributed by atoms with Crippen molar-refractivity contribution in [2.45, 2.75) is 0 Å². The fourth-order valence-corrected chi connectivity index (χ4v) is 0.760. The number of hydrogen-bond acceptors (Lipinski definition) is 1. The molecule has 0 aliphatic carbocycles. The fraction of sp³-hybridized carbons (Fsp3) is 0. The van der Waals surface area contributed by atoms with Crippen LogP contribution < -0.4 is 0 Å². The summed E-state index contributed by atoms with van der Waals surface area (Å²) in [6.45, 7) is 0. The molecule has 0 aliphatic heterocycles. The molecule has 0 aliphatic rings. The van der Waals surface area contributed by atoms with Crippen LogP contribution in [-0.2, 0) is 0 Å². The predicted molar refractivity (Wildman–Crippen MR) is 34.6 cm³/mol. The summed E-state index contributed by atoms with van der Waals surface area (Å²) in [6.07, 6.45) is 0. The molecule has 0 saturated heterocycles. The third-order valence-corrected chi connectivity index (χ3v) is 1.48. The van der Waals surface area contributed by atoms with E-state index in [2.05, 4.69) is 22.0 Å². The van der Waals surface area contributed by atoms with Crippen LogP contribution in [0.3, 0.4) is 0 Å². The summed E-state index contributed by atoms with van der Waals surface area (Å²) in [7, 11) is 0. The van der Waals surface area contributed by atoms with Gasteiger partial charge in [-0.25, -0.2) is 4.39 Å². The highest BCUT2D eigenvalue weighted by molar-refractivity contribution is 9.10. The van der Waals surface area contributed by atoms with Crippen molar-refractivity contribution in [1.29, 1.82) is 0 Å². The highest BCUT2D eigenvalue weighted by Gasteiger charge is 2.01. The zero-order valence-corrected chi connectivity index (χ0v) is 5.94. The Bertz CT molecular complexity index is 204. The molecule has 47 valence electrons. The van der Waals surface area contributed by atoms with Gasteiger partial charge in [-0.15, -0.1) is 0 Å². The van der Waals surface area contributed by atoms with Crippen molar-refractivity contribution in [2.75, 3.05) is 0 Å². The summed E-state index contributed by atoms with van der Waals surface area (Å²) < 4.78 is 12.6. The molecule has 1 nitrogen and oxygen atoms in total. The van der Waals surface area contributed by atoms with Gasteiger partial charge >= 0.3 is 0 Å². The number of phenolic OH excluding ortho intramolecular Hbond substituents is 1. The van der Waals surface area contributed by atoms with Crippen LogP contribution in [0.1, 0.15) is 0 Å². The molecule has 0 fully saturated rings. The molecular weight excluding hydrogens is 187 g/mol. The van der Waals surface area contributed by atoms with E-state index >= 15 is 0 Å². The Morgan fingerprint density at radius 2 is 2.22 bits per heavy atom. The Kier molecular flexibility index (Phi) is 1.71. The van der Waals surface area contributed by atoms with Gasteiger partial charge in [0.25, 0.3) is 0 Å².